The summed E-state index contributed by atoms with van der Waals surface area (Å²) in [7, 11) is 0. The third-order valence-electron chi connectivity index (χ3n) is 9.65. The number of carbonyl (C=O) groups is 1. The van der Waals surface area contributed by atoms with Crippen LogP contribution in [0.5, 0.6) is 0 Å². The molecule has 1 saturated carbocycles. The molecule has 200 valence electrons. The van der Waals surface area contributed by atoms with Crippen molar-refractivity contribution in [1.29, 1.82) is 0 Å². The van der Waals surface area contributed by atoms with E-state index in [1.54, 1.807) is 24.8 Å². The molecule has 1 aliphatic carbocycles. The third kappa shape index (κ3) is 4.66. The monoisotopic (exact) mass is 515 g/mol. The molecular weight excluding hydrogens is 477 g/mol. The Bertz CT molecular complexity index is 1270. The highest BCUT2D eigenvalue weighted by Gasteiger charge is 2.50. The average Bonchev–Trinajstić information content (AvgIpc) is 3.64. The predicted octanol–water partition coefficient (Wildman–Crippen LogP) is 5.37. The van der Waals surface area contributed by atoms with Gasteiger partial charge in [0.05, 0.1) is 5.41 Å². The molecule has 0 unspecified atom stereocenters. The van der Waals surface area contributed by atoms with Gasteiger partial charge in [-0.3, -0.25) is 9.36 Å². The van der Waals surface area contributed by atoms with Gasteiger partial charge in [0.25, 0.3) is 0 Å². The summed E-state index contributed by atoms with van der Waals surface area (Å²) in [6.07, 6.45) is 9.53. The fourth-order valence-electron chi connectivity index (χ4n) is 7.19. The van der Waals surface area contributed by atoms with Crippen molar-refractivity contribution in [2.45, 2.75) is 70.9 Å². The van der Waals surface area contributed by atoms with E-state index in [1.165, 1.54) is 16.7 Å². The van der Waals surface area contributed by atoms with E-state index in [0.29, 0.717) is 30.3 Å². The molecule has 0 N–H and O–H groups in total. The lowest BCUT2D eigenvalue weighted by Crippen LogP contribution is -2.48. The smallest absolute Gasteiger partial charge is 0.229 e. The van der Waals surface area contributed by atoms with Crippen LogP contribution < -0.4 is 0 Å². The molecule has 2 fully saturated rings. The van der Waals surface area contributed by atoms with Crippen molar-refractivity contribution in [3.05, 3.63) is 77.6 Å². The fourth-order valence-corrected chi connectivity index (χ4v) is 7.19. The van der Waals surface area contributed by atoms with Gasteiger partial charge in [-0.05, 0) is 104 Å². The second-order valence-corrected chi connectivity index (χ2v) is 11.9. The second-order valence-electron chi connectivity index (χ2n) is 11.9. The zero-order valence-corrected chi connectivity index (χ0v) is 22.5. The molecule has 2 aliphatic heterocycles. The number of carbonyl (C=O) groups excluding carboxylic acids is 1. The highest BCUT2D eigenvalue weighted by Crippen LogP contribution is 2.48. The first-order valence-corrected chi connectivity index (χ1v) is 14.2. The Morgan fingerprint density at radius 3 is 2.42 bits per heavy atom. The Hall–Kier alpha value is -3.06. The number of rotatable bonds is 5. The molecule has 1 amide bonds. The van der Waals surface area contributed by atoms with Gasteiger partial charge in [-0.2, -0.15) is 0 Å². The molecule has 3 heterocycles. The van der Waals surface area contributed by atoms with Crippen LogP contribution >= 0.6 is 0 Å². The van der Waals surface area contributed by atoms with Crippen molar-refractivity contribution in [2.75, 3.05) is 19.6 Å². The summed E-state index contributed by atoms with van der Waals surface area (Å²) in [6, 6.07) is 14.0. The molecule has 6 rings (SSSR count). The molecule has 1 saturated heterocycles. The van der Waals surface area contributed by atoms with Crippen molar-refractivity contribution in [3.8, 4) is 5.69 Å². The number of aromatic nitrogens is 3. The summed E-state index contributed by atoms with van der Waals surface area (Å²) in [6.45, 7) is 8.05. The minimum absolute atomic E-state index is 0.167. The molecule has 1 aromatic heterocycles. The van der Waals surface area contributed by atoms with Gasteiger partial charge in [-0.25, -0.2) is 4.39 Å². The Morgan fingerprint density at radius 1 is 0.974 bits per heavy atom. The highest BCUT2D eigenvalue weighted by molar-refractivity contribution is 5.84. The highest BCUT2D eigenvalue weighted by atomic mass is 19.1. The van der Waals surface area contributed by atoms with Gasteiger partial charge in [0, 0.05) is 24.8 Å². The number of fused-ring (bicyclic) bond motifs is 1. The lowest BCUT2D eigenvalue weighted by Gasteiger charge is -2.41. The van der Waals surface area contributed by atoms with Gasteiger partial charge in [-0.15, -0.1) is 10.2 Å². The van der Waals surface area contributed by atoms with E-state index in [0.717, 1.165) is 63.8 Å². The molecule has 7 heteroatoms. The number of amides is 1. The van der Waals surface area contributed by atoms with E-state index < -0.39 is 0 Å². The number of piperidine rings is 1. The van der Waals surface area contributed by atoms with Crippen molar-refractivity contribution in [1.82, 2.24) is 24.6 Å². The van der Waals surface area contributed by atoms with E-state index in [9.17, 15) is 9.18 Å². The van der Waals surface area contributed by atoms with E-state index in [-0.39, 0.29) is 11.2 Å². The fraction of sp³-hybridized carbons (Fsp3) is 0.516. The Kier molecular flexibility index (Phi) is 6.81. The first kappa shape index (κ1) is 25.2. The first-order chi connectivity index (χ1) is 18.4. The summed E-state index contributed by atoms with van der Waals surface area (Å²) >= 11 is 0. The Balaban J connectivity index is 1.13. The molecule has 0 radical (unpaired) electrons. The SMILES string of the molecule is CC(C)[C@]1(C(=O)N2CCc3ccc(-n4cnnc4)cc3C2)CC[C@@H](N2CCC(c3ccc(F)cc3)CC2)C1. The molecule has 6 nitrogen and oxygen atoms in total. The average molecular weight is 516 g/mol. The number of benzene rings is 2. The molecule has 2 aromatic carbocycles. The zero-order chi connectivity index (χ0) is 26.3. The largest absolute Gasteiger partial charge is 0.338 e. The molecule has 0 spiro atoms. The van der Waals surface area contributed by atoms with Gasteiger partial charge < -0.3 is 9.80 Å². The van der Waals surface area contributed by atoms with E-state index >= 15 is 0 Å². The minimum atomic E-state index is -0.290. The van der Waals surface area contributed by atoms with Crippen molar-refractivity contribution < 1.29 is 9.18 Å². The van der Waals surface area contributed by atoms with Crippen molar-refractivity contribution in [3.63, 3.8) is 0 Å². The van der Waals surface area contributed by atoms with E-state index in [4.69, 9.17) is 0 Å². The number of halogens is 1. The second kappa shape index (κ2) is 10.3. The topological polar surface area (TPSA) is 54.3 Å². The van der Waals surface area contributed by atoms with Gasteiger partial charge in [0.15, 0.2) is 0 Å². The first-order valence-electron chi connectivity index (χ1n) is 14.2. The number of hydrogen-bond acceptors (Lipinski definition) is 4. The number of likely N-dealkylation sites (tertiary alicyclic amines) is 1. The van der Waals surface area contributed by atoms with Crippen LogP contribution in [-0.2, 0) is 17.8 Å². The van der Waals surface area contributed by atoms with Gasteiger partial charge in [0.2, 0.25) is 5.91 Å². The van der Waals surface area contributed by atoms with Crippen LogP contribution in [0.3, 0.4) is 0 Å². The third-order valence-corrected chi connectivity index (χ3v) is 9.65. The molecule has 2 atom stereocenters. The Morgan fingerprint density at radius 2 is 1.71 bits per heavy atom. The van der Waals surface area contributed by atoms with Crippen LogP contribution in [0, 0.1) is 17.2 Å². The molecule has 0 bridgehead atoms. The van der Waals surface area contributed by atoms with Crippen LogP contribution in [0.2, 0.25) is 0 Å². The molecule has 3 aromatic rings. The van der Waals surface area contributed by atoms with E-state index in [1.807, 2.05) is 16.7 Å². The predicted molar refractivity (Wildman–Crippen MR) is 145 cm³/mol. The summed E-state index contributed by atoms with van der Waals surface area (Å²) < 4.78 is 15.3. The van der Waals surface area contributed by atoms with Crippen molar-refractivity contribution in [2.24, 2.45) is 11.3 Å². The van der Waals surface area contributed by atoms with Crippen LogP contribution in [0.25, 0.3) is 5.69 Å². The summed E-state index contributed by atoms with van der Waals surface area (Å²) in [4.78, 5) is 19.0. The van der Waals surface area contributed by atoms with Crippen LogP contribution in [0.4, 0.5) is 4.39 Å². The summed E-state index contributed by atoms with van der Waals surface area (Å²) in [5, 5.41) is 7.87. The van der Waals surface area contributed by atoms with E-state index in [2.05, 4.69) is 52.0 Å². The molecule has 3 aliphatic rings. The maximum absolute atomic E-state index is 14.2. The minimum Gasteiger partial charge on any atom is -0.338 e. The molecular formula is C31H38FN5O. The summed E-state index contributed by atoms with van der Waals surface area (Å²) in [5.41, 5.74) is 4.56. The summed E-state index contributed by atoms with van der Waals surface area (Å²) in [5.74, 6) is 0.985. The lowest BCUT2D eigenvalue weighted by molar-refractivity contribution is -0.146. The molecule has 38 heavy (non-hydrogen) atoms. The number of nitrogens with zero attached hydrogens (tertiary/aromatic N) is 5. The van der Waals surface area contributed by atoms with Gasteiger partial charge in [-0.1, -0.05) is 32.0 Å². The lowest BCUT2D eigenvalue weighted by atomic mass is 9.73. The maximum atomic E-state index is 14.2. The van der Waals surface area contributed by atoms with Gasteiger partial charge in [0.1, 0.15) is 18.5 Å². The zero-order valence-electron chi connectivity index (χ0n) is 22.5. The van der Waals surface area contributed by atoms with Crippen molar-refractivity contribution >= 4 is 5.91 Å². The van der Waals surface area contributed by atoms with Crippen LogP contribution in [0.15, 0.2) is 55.1 Å². The standard InChI is InChI=1S/C31H38FN5O/c1-22(2)31(13-9-29(18-31)35-14-10-25(11-15-35)23-3-6-27(32)7-4-23)30(38)36-16-12-24-5-8-28(17-26(24)19-36)37-20-33-34-21-37/h3-8,17,20-22,25,29H,9-16,18-19H2,1-2H3/t29-,31+/m1/s1. The van der Waals surface area contributed by atoms with Gasteiger partial charge >= 0.3 is 0 Å². The Labute approximate surface area is 224 Å². The normalized spacial score (nSPS) is 24.6. The maximum Gasteiger partial charge on any atom is 0.229 e. The quantitative estimate of drug-likeness (QED) is 0.459. The van der Waals surface area contributed by atoms with Crippen LogP contribution in [0.1, 0.15) is 68.6 Å². The van der Waals surface area contributed by atoms with Crippen LogP contribution in [-0.4, -0.2) is 56.1 Å². The number of hydrogen-bond donors (Lipinski definition) is 0.